The largest absolute Gasteiger partial charge is 0.504 e. The highest BCUT2D eigenvalue weighted by Gasteiger charge is 2.21. The molecular formula is C25H24FN3O3S. The average molecular weight is 466 g/mol. The van der Waals surface area contributed by atoms with Gasteiger partial charge in [0.25, 0.3) is 0 Å². The molecule has 4 rings (SSSR count). The zero-order valence-corrected chi connectivity index (χ0v) is 19.1. The van der Waals surface area contributed by atoms with E-state index >= 15 is 0 Å². The minimum atomic E-state index is -2.07. The number of benzene rings is 3. The third-order valence-electron chi connectivity index (χ3n) is 5.25. The third kappa shape index (κ3) is 4.88. The van der Waals surface area contributed by atoms with Gasteiger partial charge in [0.05, 0.1) is 23.6 Å². The van der Waals surface area contributed by atoms with Gasteiger partial charge in [-0.15, -0.1) is 0 Å². The van der Waals surface area contributed by atoms with E-state index in [1.54, 1.807) is 30.5 Å². The van der Waals surface area contributed by atoms with E-state index in [-0.39, 0.29) is 5.75 Å². The molecule has 6 nitrogen and oxygen atoms in total. The Labute approximate surface area is 194 Å². The van der Waals surface area contributed by atoms with Crippen molar-refractivity contribution < 1.29 is 18.3 Å². The van der Waals surface area contributed by atoms with Gasteiger partial charge >= 0.3 is 0 Å². The number of fused-ring (bicyclic) bond motifs is 1. The molecule has 0 amide bonds. The number of anilines is 2. The maximum atomic E-state index is 14.0. The molecule has 0 aliphatic heterocycles. The number of hydrogen-bond donors (Lipinski definition) is 2. The van der Waals surface area contributed by atoms with Gasteiger partial charge in [-0.3, -0.25) is 9.88 Å². The fourth-order valence-corrected chi connectivity index (χ4v) is 4.34. The van der Waals surface area contributed by atoms with Gasteiger partial charge in [-0.05, 0) is 50.0 Å². The van der Waals surface area contributed by atoms with Crippen LogP contribution in [0.25, 0.3) is 22.0 Å². The van der Waals surface area contributed by atoms with Crippen molar-refractivity contribution in [3.8, 4) is 16.9 Å². The number of pyridine rings is 1. The van der Waals surface area contributed by atoms with Crippen LogP contribution in [0, 0.1) is 5.82 Å². The quantitative estimate of drug-likeness (QED) is 0.291. The lowest BCUT2D eigenvalue weighted by Crippen LogP contribution is -2.30. The molecule has 0 saturated heterocycles. The molecule has 0 fully saturated rings. The van der Waals surface area contributed by atoms with Crippen LogP contribution in [0.3, 0.4) is 0 Å². The van der Waals surface area contributed by atoms with E-state index in [0.29, 0.717) is 28.9 Å². The van der Waals surface area contributed by atoms with Crippen molar-refractivity contribution in [2.75, 3.05) is 25.7 Å². The normalized spacial score (nSPS) is 12.3. The van der Waals surface area contributed by atoms with Crippen LogP contribution in [0.15, 0.2) is 72.9 Å². The number of para-hydroxylation sites is 2. The summed E-state index contributed by atoms with van der Waals surface area (Å²) in [5, 5.41) is 11.0. The first-order chi connectivity index (χ1) is 15.8. The molecule has 3 aromatic carbocycles. The van der Waals surface area contributed by atoms with Crippen molar-refractivity contribution in [1.82, 2.24) is 9.88 Å². The molecule has 170 valence electrons. The highest BCUT2D eigenvalue weighted by molar-refractivity contribution is 7.78. The van der Waals surface area contributed by atoms with Gasteiger partial charge in [0.15, 0.2) is 22.6 Å². The van der Waals surface area contributed by atoms with Gasteiger partial charge in [0, 0.05) is 28.4 Å². The smallest absolute Gasteiger partial charge is 0.165 e. The van der Waals surface area contributed by atoms with Gasteiger partial charge in [0.1, 0.15) is 0 Å². The molecule has 0 radical (unpaired) electrons. The molecule has 0 spiro atoms. The molecule has 0 bridgehead atoms. The molecule has 0 saturated carbocycles. The molecule has 2 N–H and O–H groups in total. The van der Waals surface area contributed by atoms with E-state index in [1.807, 2.05) is 55.4 Å². The highest BCUT2D eigenvalue weighted by Crippen LogP contribution is 2.39. The number of phenols is 1. The first kappa shape index (κ1) is 22.8. The molecule has 1 unspecified atom stereocenters. The monoisotopic (exact) mass is 465 g/mol. The zero-order chi connectivity index (χ0) is 23.5. The summed E-state index contributed by atoms with van der Waals surface area (Å²) in [7, 11) is 3.89. The summed E-state index contributed by atoms with van der Waals surface area (Å²) in [4.78, 5) is 8.56. The lowest BCUT2D eigenvalue weighted by Gasteiger charge is -2.31. The fraction of sp³-hybridized carbons (Fsp3) is 0.160. The van der Waals surface area contributed by atoms with E-state index in [0.717, 1.165) is 16.8 Å². The van der Waals surface area contributed by atoms with Crippen LogP contribution in [0.4, 0.5) is 15.8 Å². The standard InChI is InChI=1S/C25H24FN3O3S/c1-28(2)16-29(19-7-4-3-5-8-19)24-18(15-33(31)32)14-27-23-12-11-17(13-21(23)24)20-9-6-10-22(26)25(20)30/h3-14,30H,15-16H2,1-2H3,(H,31,32). The Balaban J connectivity index is 2.01. The summed E-state index contributed by atoms with van der Waals surface area (Å²) in [6.07, 6.45) is 1.62. The SMILES string of the molecule is CN(C)CN(c1ccccc1)c1c(CS(=O)O)cnc2ccc(-c3cccc(F)c3O)cc12. The van der Waals surface area contributed by atoms with Crippen molar-refractivity contribution in [3.05, 3.63) is 84.3 Å². The molecule has 33 heavy (non-hydrogen) atoms. The van der Waals surface area contributed by atoms with Crippen LogP contribution in [0.2, 0.25) is 0 Å². The predicted octanol–water partition coefficient (Wildman–Crippen LogP) is 5.13. The van der Waals surface area contributed by atoms with Crippen LogP contribution < -0.4 is 4.90 Å². The second kappa shape index (κ2) is 9.66. The van der Waals surface area contributed by atoms with E-state index in [9.17, 15) is 18.3 Å². The van der Waals surface area contributed by atoms with Crippen LogP contribution >= 0.6 is 0 Å². The molecule has 0 aliphatic rings. The Hall–Kier alpha value is -3.33. The van der Waals surface area contributed by atoms with Crippen molar-refractivity contribution in [2.45, 2.75) is 5.75 Å². The summed E-state index contributed by atoms with van der Waals surface area (Å²) in [6, 6.07) is 19.5. The first-order valence-corrected chi connectivity index (χ1v) is 11.6. The number of aromatic nitrogens is 1. The van der Waals surface area contributed by atoms with Crippen LogP contribution in [-0.2, 0) is 16.8 Å². The van der Waals surface area contributed by atoms with Gasteiger partial charge in [-0.1, -0.05) is 36.4 Å². The number of nitrogens with zero attached hydrogens (tertiary/aromatic N) is 3. The van der Waals surface area contributed by atoms with Gasteiger partial charge in [-0.2, -0.15) is 0 Å². The molecular weight excluding hydrogens is 441 g/mol. The first-order valence-electron chi connectivity index (χ1n) is 10.3. The lowest BCUT2D eigenvalue weighted by molar-refractivity contribution is 0.418. The number of aromatic hydroxyl groups is 1. The third-order valence-corrected chi connectivity index (χ3v) is 5.81. The lowest BCUT2D eigenvalue weighted by atomic mass is 10.00. The Bertz CT molecular complexity index is 1320. The maximum Gasteiger partial charge on any atom is 0.165 e. The average Bonchev–Trinajstić information content (AvgIpc) is 2.79. The van der Waals surface area contributed by atoms with Crippen molar-refractivity contribution in [2.24, 2.45) is 0 Å². The Morgan fingerprint density at radius 2 is 1.79 bits per heavy atom. The summed E-state index contributed by atoms with van der Waals surface area (Å²) < 4.78 is 35.5. The van der Waals surface area contributed by atoms with Crippen LogP contribution in [0.5, 0.6) is 5.75 Å². The summed E-state index contributed by atoms with van der Waals surface area (Å²) in [5.41, 5.74) is 3.90. The second-order valence-corrected chi connectivity index (χ2v) is 8.88. The van der Waals surface area contributed by atoms with Gasteiger partial charge in [-0.25, -0.2) is 8.60 Å². The predicted molar refractivity (Wildman–Crippen MR) is 130 cm³/mol. The maximum absolute atomic E-state index is 14.0. The van der Waals surface area contributed by atoms with Crippen LogP contribution in [0.1, 0.15) is 5.56 Å². The van der Waals surface area contributed by atoms with E-state index < -0.39 is 22.6 Å². The molecule has 0 aliphatic carbocycles. The van der Waals surface area contributed by atoms with Crippen molar-refractivity contribution >= 4 is 33.4 Å². The second-order valence-electron chi connectivity index (χ2n) is 7.95. The highest BCUT2D eigenvalue weighted by atomic mass is 32.2. The van der Waals surface area contributed by atoms with Crippen LogP contribution in [-0.4, -0.2) is 44.5 Å². The van der Waals surface area contributed by atoms with E-state index in [1.165, 1.54) is 6.07 Å². The summed E-state index contributed by atoms with van der Waals surface area (Å²) in [6.45, 7) is 0.504. The molecule has 1 aromatic heterocycles. The minimum absolute atomic E-state index is 0.0928. The molecule has 4 aromatic rings. The number of phenolic OH excluding ortho intramolecular Hbond substituents is 1. The number of hydrogen-bond acceptors (Lipinski definition) is 5. The van der Waals surface area contributed by atoms with Crippen molar-refractivity contribution in [1.29, 1.82) is 0 Å². The van der Waals surface area contributed by atoms with Gasteiger partial charge < -0.3 is 14.6 Å². The van der Waals surface area contributed by atoms with E-state index in [4.69, 9.17) is 0 Å². The molecule has 8 heteroatoms. The van der Waals surface area contributed by atoms with E-state index in [2.05, 4.69) is 9.88 Å². The Kier molecular flexibility index (Phi) is 6.69. The summed E-state index contributed by atoms with van der Waals surface area (Å²) >= 11 is -2.07. The fourth-order valence-electron chi connectivity index (χ4n) is 3.87. The minimum Gasteiger partial charge on any atom is -0.504 e. The number of halogens is 1. The molecule has 1 atom stereocenters. The Morgan fingerprint density at radius 1 is 1.03 bits per heavy atom. The van der Waals surface area contributed by atoms with Gasteiger partial charge in [0.2, 0.25) is 0 Å². The van der Waals surface area contributed by atoms with Crippen molar-refractivity contribution in [3.63, 3.8) is 0 Å². The molecule has 1 heterocycles. The number of rotatable bonds is 7. The summed E-state index contributed by atoms with van der Waals surface area (Å²) in [5.74, 6) is -1.22. The zero-order valence-electron chi connectivity index (χ0n) is 18.3. The topological polar surface area (TPSA) is 76.9 Å². The Morgan fingerprint density at radius 3 is 2.48 bits per heavy atom.